The molecule has 1 amide bonds. The Kier molecular flexibility index (Phi) is 5.94. The lowest BCUT2D eigenvalue weighted by molar-refractivity contribution is 0.193. The molecule has 0 unspecified atom stereocenters. The van der Waals surface area contributed by atoms with Gasteiger partial charge >= 0.3 is 6.09 Å². The van der Waals surface area contributed by atoms with Gasteiger partial charge in [0.1, 0.15) is 12.4 Å². The van der Waals surface area contributed by atoms with Crippen LogP contribution in [0.25, 0.3) is 10.9 Å². The Bertz CT molecular complexity index is 915. The lowest BCUT2D eigenvalue weighted by atomic mass is 10.1. The Labute approximate surface area is 156 Å². The second-order valence-corrected chi connectivity index (χ2v) is 5.86. The number of nitrogens with zero attached hydrogens (tertiary/aromatic N) is 1. The number of aromatic nitrogens is 1. The van der Waals surface area contributed by atoms with Gasteiger partial charge in [-0.3, -0.25) is 4.98 Å². The van der Waals surface area contributed by atoms with Crippen molar-refractivity contribution in [1.29, 1.82) is 0 Å². The molecule has 0 radical (unpaired) electrons. The lowest BCUT2D eigenvalue weighted by Gasteiger charge is -2.15. The fourth-order valence-corrected chi connectivity index (χ4v) is 2.58. The maximum absolute atomic E-state index is 10.5. The maximum atomic E-state index is 10.5. The van der Waals surface area contributed by atoms with E-state index in [0.29, 0.717) is 35.4 Å². The van der Waals surface area contributed by atoms with E-state index in [2.05, 4.69) is 10.3 Å². The highest BCUT2D eigenvalue weighted by molar-refractivity contribution is 5.88. The van der Waals surface area contributed by atoms with Crippen LogP contribution in [0.3, 0.4) is 0 Å². The second kappa shape index (κ2) is 8.75. The van der Waals surface area contributed by atoms with Gasteiger partial charge in [-0.05, 0) is 30.2 Å². The van der Waals surface area contributed by atoms with Crippen LogP contribution in [-0.2, 0) is 6.61 Å². The zero-order valence-electron chi connectivity index (χ0n) is 14.6. The minimum absolute atomic E-state index is 0.0279. The third-order valence-corrected chi connectivity index (χ3v) is 3.85. The van der Waals surface area contributed by atoms with Crippen molar-refractivity contribution < 1.29 is 24.5 Å². The Hall–Kier alpha value is -3.48. The molecule has 2 aromatic carbocycles. The first-order valence-corrected chi connectivity index (χ1v) is 8.51. The number of fused-ring (bicyclic) bond motifs is 1. The summed E-state index contributed by atoms with van der Waals surface area (Å²) in [4.78, 5) is 14.7. The number of benzene rings is 2. The molecule has 0 fully saturated rings. The van der Waals surface area contributed by atoms with Crippen LogP contribution < -0.4 is 14.8 Å². The average Bonchev–Trinajstić information content (AvgIpc) is 2.67. The van der Waals surface area contributed by atoms with E-state index in [4.69, 9.17) is 14.6 Å². The molecule has 140 valence electrons. The quantitative estimate of drug-likeness (QED) is 0.526. The Morgan fingerprint density at radius 3 is 2.70 bits per heavy atom. The van der Waals surface area contributed by atoms with Gasteiger partial charge in [0, 0.05) is 11.9 Å². The van der Waals surface area contributed by atoms with Crippen molar-refractivity contribution >= 4 is 17.0 Å². The molecule has 1 aromatic heterocycles. The average molecular weight is 368 g/mol. The molecule has 3 N–H and O–H groups in total. The molecule has 3 aromatic rings. The minimum atomic E-state index is -1.07. The maximum Gasteiger partial charge on any atom is 0.404 e. The highest BCUT2D eigenvalue weighted by Gasteiger charge is 2.13. The van der Waals surface area contributed by atoms with Crippen LogP contribution in [0.15, 0.2) is 54.7 Å². The van der Waals surface area contributed by atoms with E-state index in [1.54, 1.807) is 18.2 Å². The molecule has 3 rings (SSSR count). The van der Waals surface area contributed by atoms with E-state index >= 15 is 0 Å². The van der Waals surface area contributed by atoms with Gasteiger partial charge in [0.05, 0.1) is 18.3 Å². The largest absolute Gasteiger partial charge is 0.506 e. The van der Waals surface area contributed by atoms with E-state index in [1.807, 2.05) is 30.3 Å². The zero-order chi connectivity index (χ0) is 19.1. The van der Waals surface area contributed by atoms with Crippen molar-refractivity contribution in [3.63, 3.8) is 0 Å². The first-order valence-electron chi connectivity index (χ1n) is 8.51. The lowest BCUT2D eigenvalue weighted by Crippen LogP contribution is -2.23. The van der Waals surface area contributed by atoms with Gasteiger partial charge in [0.2, 0.25) is 0 Å². The van der Waals surface area contributed by atoms with E-state index < -0.39 is 6.09 Å². The van der Waals surface area contributed by atoms with Crippen molar-refractivity contribution in [3.05, 3.63) is 60.3 Å². The number of carbonyl (C=O) groups is 1. The molecular formula is C20H20N2O5. The summed E-state index contributed by atoms with van der Waals surface area (Å²) in [5.41, 5.74) is 1.68. The summed E-state index contributed by atoms with van der Waals surface area (Å²) in [6.07, 6.45) is 0.793. The standard InChI is InChI=1S/C20H20N2O5/c23-15-11-16-17(22-12-15)7-8-18(27-13-14-5-2-1-3-6-14)19(16)26-10-4-9-21-20(24)25/h1-3,5-8,11-12,21,23H,4,9-10,13H2,(H,24,25). The molecule has 27 heavy (non-hydrogen) atoms. The topological polar surface area (TPSA) is 101 Å². The van der Waals surface area contributed by atoms with Gasteiger partial charge in [-0.25, -0.2) is 4.79 Å². The van der Waals surface area contributed by atoms with Crippen LogP contribution in [0.5, 0.6) is 17.2 Å². The van der Waals surface area contributed by atoms with Crippen LogP contribution in [-0.4, -0.2) is 34.4 Å². The SMILES string of the molecule is O=C(O)NCCCOc1c(OCc2ccccc2)ccc2ncc(O)cc12. The number of hydrogen-bond donors (Lipinski definition) is 3. The van der Waals surface area contributed by atoms with Gasteiger partial charge in [-0.2, -0.15) is 0 Å². The van der Waals surface area contributed by atoms with Gasteiger partial charge in [-0.1, -0.05) is 30.3 Å². The molecule has 0 aliphatic carbocycles. The van der Waals surface area contributed by atoms with Crippen LogP contribution in [0.1, 0.15) is 12.0 Å². The second-order valence-electron chi connectivity index (χ2n) is 5.86. The summed E-state index contributed by atoms with van der Waals surface area (Å²) in [5.74, 6) is 1.03. The molecule has 0 saturated heterocycles. The van der Waals surface area contributed by atoms with Gasteiger partial charge < -0.3 is 25.0 Å². The first kappa shape index (κ1) is 18.3. The summed E-state index contributed by atoms with van der Waals surface area (Å²) in [7, 11) is 0. The summed E-state index contributed by atoms with van der Waals surface area (Å²) < 4.78 is 11.8. The third-order valence-electron chi connectivity index (χ3n) is 3.85. The number of pyridine rings is 1. The number of nitrogens with one attached hydrogen (secondary N) is 1. The van der Waals surface area contributed by atoms with E-state index in [0.717, 1.165) is 5.56 Å². The summed E-state index contributed by atoms with van der Waals surface area (Å²) in [6.45, 7) is 0.941. The highest BCUT2D eigenvalue weighted by Crippen LogP contribution is 2.37. The van der Waals surface area contributed by atoms with Crippen molar-refractivity contribution in [3.8, 4) is 17.2 Å². The monoisotopic (exact) mass is 368 g/mol. The molecular weight excluding hydrogens is 348 g/mol. The van der Waals surface area contributed by atoms with Crippen molar-refractivity contribution in [2.45, 2.75) is 13.0 Å². The summed E-state index contributed by atoms with van der Waals surface area (Å²) >= 11 is 0. The third kappa shape index (κ3) is 5.01. The van der Waals surface area contributed by atoms with E-state index in [-0.39, 0.29) is 18.9 Å². The van der Waals surface area contributed by atoms with Crippen molar-refractivity contribution in [2.75, 3.05) is 13.2 Å². The normalized spacial score (nSPS) is 10.5. The van der Waals surface area contributed by atoms with Crippen LogP contribution >= 0.6 is 0 Å². The first-order chi connectivity index (χ1) is 13.1. The minimum Gasteiger partial charge on any atom is -0.506 e. The molecule has 7 heteroatoms. The molecule has 1 heterocycles. The summed E-state index contributed by atoms with van der Waals surface area (Å²) in [6, 6.07) is 14.9. The highest BCUT2D eigenvalue weighted by atomic mass is 16.5. The van der Waals surface area contributed by atoms with Crippen molar-refractivity contribution in [1.82, 2.24) is 10.3 Å². The smallest absolute Gasteiger partial charge is 0.404 e. The van der Waals surface area contributed by atoms with E-state index in [9.17, 15) is 9.90 Å². The molecule has 0 aliphatic rings. The zero-order valence-corrected chi connectivity index (χ0v) is 14.6. The Morgan fingerprint density at radius 1 is 1.11 bits per heavy atom. The predicted octanol–water partition coefficient (Wildman–Crippen LogP) is 3.56. The number of aromatic hydroxyl groups is 1. The number of hydrogen-bond acceptors (Lipinski definition) is 5. The Balaban J connectivity index is 1.79. The number of rotatable bonds is 8. The fourth-order valence-electron chi connectivity index (χ4n) is 2.58. The van der Waals surface area contributed by atoms with Gasteiger partial charge in [-0.15, -0.1) is 0 Å². The van der Waals surface area contributed by atoms with Gasteiger partial charge in [0.25, 0.3) is 0 Å². The molecule has 7 nitrogen and oxygen atoms in total. The molecule has 0 spiro atoms. The number of carboxylic acid groups (broad SMARTS) is 1. The van der Waals surface area contributed by atoms with Crippen LogP contribution in [0, 0.1) is 0 Å². The van der Waals surface area contributed by atoms with Crippen molar-refractivity contribution in [2.24, 2.45) is 0 Å². The van der Waals surface area contributed by atoms with Gasteiger partial charge in [0.15, 0.2) is 11.5 Å². The van der Waals surface area contributed by atoms with E-state index in [1.165, 1.54) is 6.20 Å². The molecule has 0 saturated carbocycles. The fraction of sp³-hybridized carbons (Fsp3) is 0.200. The van der Waals surface area contributed by atoms with Crippen LogP contribution in [0.2, 0.25) is 0 Å². The molecule has 0 atom stereocenters. The number of ether oxygens (including phenoxy) is 2. The number of amides is 1. The molecule has 0 bridgehead atoms. The Morgan fingerprint density at radius 2 is 1.93 bits per heavy atom. The summed E-state index contributed by atoms with van der Waals surface area (Å²) in [5, 5.41) is 21.3. The molecule has 0 aliphatic heterocycles. The van der Waals surface area contributed by atoms with Crippen LogP contribution in [0.4, 0.5) is 4.79 Å². The predicted molar refractivity (Wildman–Crippen MR) is 100 cm³/mol.